The molecule has 1 unspecified atom stereocenters. The minimum atomic E-state index is -0.728. The monoisotopic (exact) mass is 295 g/mol. The molecule has 2 rings (SSSR count). The van der Waals surface area contributed by atoms with E-state index in [0.717, 1.165) is 38.8 Å². The van der Waals surface area contributed by atoms with E-state index < -0.39 is 5.97 Å². The van der Waals surface area contributed by atoms with Crippen LogP contribution in [0.3, 0.4) is 0 Å². The van der Waals surface area contributed by atoms with Gasteiger partial charge in [-0.05, 0) is 38.0 Å². The molecule has 0 aromatic rings. The lowest BCUT2D eigenvalue weighted by Crippen LogP contribution is -2.47. The third-order valence-electron chi connectivity index (χ3n) is 5.30. The fraction of sp³-hybridized carbons (Fsp3) is 0.882. The Morgan fingerprint density at radius 1 is 1.14 bits per heavy atom. The van der Waals surface area contributed by atoms with E-state index in [1.54, 1.807) is 0 Å². The SMILES string of the molecule is CC1(C(=O)N2CCCC(CCC(=O)O)C2)CCCCCC1. The van der Waals surface area contributed by atoms with Crippen LogP contribution in [0.1, 0.15) is 71.1 Å². The summed E-state index contributed by atoms with van der Waals surface area (Å²) < 4.78 is 0. The topological polar surface area (TPSA) is 57.6 Å². The number of piperidine rings is 1. The number of carbonyl (C=O) groups is 2. The predicted octanol–water partition coefficient (Wildman–Crippen LogP) is 3.45. The Hall–Kier alpha value is -1.06. The second-order valence-electron chi connectivity index (χ2n) is 7.17. The molecule has 1 N–H and O–H groups in total. The maximum Gasteiger partial charge on any atom is 0.303 e. The molecule has 0 radical (unpaired) electrons. The fourth-order valence-corrected chi connectivity index (χ4v) is 3.92. The average molecular weight is 295 g/mol. The van der Waals surface area contributed by atoms with E-state index in [-0.39, 0.29) is 11.8 Å². The van der Waals surface area contributed by atoms with Gasteiger partial charge in [0.1, 0.15) is 0 Å². The molecule has 1 aliphatic carbocycles. The van der Waals surface area contributed by atoms with Crippen molar-refractivity contribution >= 4 is 11.9 Å². The fourth-order valence-electron chi connectivity index (χ4n) is 3.92. The molecule has 4 nitrogen and oxygen atoms in total. The molecule has 1 aliphatic heterocycles. The van der Waals surface area contributed by atoms with Crippen molar-refractivity contribution in [3.8, 4) is 0 Å². The molecule has 4 heteroatoms. The van der Waals surface area contributed by atoms with Crippen LogP contribution in [-0.2, 0) is 9.59 Å². The third kappa shape index (κ3) is 4.45. The summed E-state index contributed by atoms with van der Waals surface area (Å²) in [5.41, 5.74) is -0.175. The highest BCUT2D eigenvalue weighted by atomic mass is 16.4. The molecule has 0 spiro atoms. The Labute approximate surface area is 127 Å². The number of amides is 1. The first-order chi connectivity index (χ1) is 10.0. The number of likely N-dealkylation sites (tertiary alicyclic amines) is 1. The lowest BCUT2D eigenvalue weighted by molar-refractivity contribution is -0.144. The van der Waals surface area contributed by atoms with Crippen LogP contribution in [0.25, 0.3) is 0 Å². The first-order valence-corrected chi connectivity index (χ1v) is 8.52. The minimum absolute atomic E-state index is 0.175. The van der Waals surface area contributed by atoms with Crippen LogP contribution in [0, 0.1) is 11.3 Å². The van der Waals surface area contributed by atoms with Gasteiger partial charge in [0.15, 0.2) is 0 Å². The number of aliphatic carboxylic acids is 1. The van der Waals surface area contributed by atoms with Crippen LogP contribution in [0.4, 0.5) is 0 Å². The van der Waals surface area contributed by atoms with Gasteiger partial charge in [-0.2, -0.15) is 0 Å². The summed E-state index contributed by atoms with van der Waals surface area (Å²) in [5.74, 6) is -0.0354. The quantitative estimate of drug-likeness (QED) is 0.808. The summed E-state index contributed by atoms with van der Waals surface area (Å²) in [6.07, 6.45) is 9.88. The Bertz CT molecular complexity index is 372. The van der Waals surface area contributed by atoms with Gasteiger partial charge in [0.25, 0.3) is 0 Å². The number of hydrogen-bond donors (Lipinski definition) is 1. The van der Waals surface area contributed by atoms with Gasteiger partial charge in [-0.1, -0.05) is 32.6 Å². The molecule has 1 heterocycles. The Kier molecular flexibility index (Phi) is 5.65. The van der Waals surface area contributed by atoms with E-state index in [1.807, 2.05) is 4.90 Å². The smallest absolute Gasteiger partial charge is 0.303 e. The Morgan fingerprint density at radius 3 is 2.43 bits per heavy atom. The van der Waals surface area contributed by atoms with E-state index >= 15 is 0 Å². The first kappa shape index (κ1) is 16.3. The van der Waals surface area contributed by atoms with Crippen molar-refractivity contribution in [3.05, 3.63) is 0 Å². The first-order valence-electron chi connectivity index (χ1n) is 8.52. The molecule has 1 saturated heterocycles. The molecule has 21 heavy (non-hydrogen) atoms. The number of rotatable bonds is 4. The van der Waals surface area contributed by atoms with Gasteiger partial charge in [0.05, 0.1) is 0 Å². The highest BCUT2D eigenvalue weighted by Crippen LogP contribution is 2.37. The number of carboxylic acids is 1. The van der Waals surface area contributed by atoms with E-state index in [4.69, 9.17) is 5.11 Å². The number of carbonyl (C=O) groups excluding carboxylic acids is 1. The molecule has 2 aliphatic rings. The van der Waals surface area contributed by atoms with Crippen LogP contribution >= 0.6 is 0 Å². The zero-order valence-corrected chi connectivity index (χ0v) is 13.3. The molecule has 1 amide bonds. The van der Waals surface area contributed by atoms with Gasteiger partial charge >= 0.3 is 5.97 Å². The molecule has 0 aromatic carbocycles. The number of nitrogens with zero attached hydrogens (tertiary/aromatic N) is 1. The van der Waals surface area contributed by atoms with Crippen molar-refractivity contribution in [2.24, 2.45) is 11.3 Å². The third-order valence-corrected chi connectivity index (χ3v) is 5.30. The highest BCUT2D eigenvalue weighted by Gasteiger charge is 2.38. The van der Waals surface area contributed by atoms with Gasteiger partial charge < -0.3 is 10.0 Å². The predicted molar refractivity (Wildman–Crippen MR) is 82.0 cm³/mol. The van der Waals surface area contributed by atoms with E-state index in [0.29, 0.717) is 18.2 Å². The lowest BCUT2D eigenvalue weighted by Gasteiger charge is -2.39. The maximum atomic E-state index is 12.9. The average Bonchev–Trinajstić information content (AvgIpc) is 2.70. The van der Waals surface area contributed by atoms with Gasteiger partial charge in [-0.3, -0.25) is 9.59 Å². The van der Waals surface area contributed by atoms with Crippen LogP contribution in [0.15, 0.2) is 0 Å². The van der Waals surface area contributed by atoms with Crippen molar-refractivity contribution in [1.82, 2.24) is 4.90 Å². The largest absolute Gasteiger partial charge is 0.481 e. The molecule has 1 saturated carbocycles. The summed E-state index contributed by atoms with van der Waals surface area (Å²) >= 11 is 0. The second kappa shape index (κ2) is 7.28. The zero-order valence-electron chi connectivity index (χ0n) is 13.3. The summed E-state index contributed by atoms with van der Waals surface area (Å²) in [6.45, 7) is 3.77. The summed E-state index contributed by atoms with van der Waals surface area (Å²) in [5, 5.41) is 8.81. The van der Waals surface area contributed by atoms with Gasteiger partial charge in [-0.25, -0.2) is 0 Å². The van der Waals surface area contributed by atoms with Crippen LogP contribution in [0.2, 0.25) is 0 Å². The lowest BCUT2D eigenvalue weighted by atomic mass is 9.80. The van der Waals surface area contributed by atoms with E-state index in [9.17, 15) is 9.59 Å². The molecule has 2 fully saturated rings. The molecule has 0 bridgehead atoms. The zero-order chi connectivity index (χ0) is 15.3. The molecular weight excluding hydrogens is 266 g/mol. The summed E-state index contributed by atoms with van der Waals surface area (Å²) in [6, 6.07) is 0. The van der Waals surface area contributed by atoms with Crippen LogP contribution in [-0.4, -0.2) is 35.0 Å². The van der Waals surface area contributed by atoms with Crippen molar-refractivity contribution in [2.75, 3.05) is 13.1 Å². The molecule has 0 aromatic heterocycles. The normalized spacial score (nSPS) is 26.1. The number of hydrogen-bond acceptors (Lipinski definition) is 2. The van der Waals surface area contributed by atoms with Crippen LogP contribution < -0.4 is 0 Å². The second-order valence-corrected chi connectivity index (χ2v) is 7.17. The Balaban J connectivity index is 1.93. The summed E-state index contributed by atoms with van der Waals surface area (Å²) in [7, 11) is 0. The molecule has 120 valence electrons. The van der Waals surface area contributed by atoms with Gasteiger partial charge in [0, 0.05) is 24.9 Å². The van der Waals surface area contributed by atoms with Crippen molar-refractivity contribution < 1.29 is 14.7 Å². The highest BCUT2D eigenvalue weighted by molar-refractivity contribution is 5.82. The van der Waals surface area contributed by atoms with Gasteiger partial charge in [0.2, 0.25) is 5.91 Å². The van der Waals surface area contributed by atoms with Crippen molar-refractivity contribution in [1.29, 1.82) is 0 Å². The number of carboxylic acid groups (broad SMARTS) is 1. The standard InChI is InChI=1S/C17H29NO3/c1-17(10-4-2-3-5-11-17)16(21)18-12-6-7-14(13-18)8-9-15(19)20/h14H,2-13H2,1H3,(H,19,20). The van der Waals surface area contributed by atoms with E-state index in [1.165, 1.54) is 25.7 Å². The minimum Gasteiger partial charge on any atom is -0.481 e. The molecular formula is C17H29NO3. The van der Waals surface area contributed by atoms with Crippen molar-refractivity contribution in [3.63, 3.8) is 0 Å². The maximum absolute atomic E-state index is 12.9. The summed E-state index contributed by atoms with van der Waals surface area (Å²) in [4.78, 5) is 25.7. The Morgan fingerprint density at radius 2 is 1.81 bits per heavy atom. The van der Waals surface area contributed by atoms with Crippen molar-refractivity contribution in [2.45, 2.75) is 71.1 Å². The van der Waals surface area contributed by atoms with E-state index in [2.05, 4.69) is 6.92 Å². The van der Waals surface area contributed by atoms with Crippen LogP contribution in [0.5, 0.6) is 0 Å². The molecule has 1 atom stereocenters. The van der Waals surface area contributed by atoms with Gasteiger partial charge in [-0.15, -0.1) is 0 Å².